The smallest absolute Gasteiger partial charge is 0.221 e. The molecule has 0 aromatic heterocycles. The van der Waals surface area contributed by atoms with E-state index in [9.17, 15) is 4.79 Å². The van der Waals surface area contributed by atoms with Gasteiger partial charge < -0.3 is 25.3 Å². The van der Waals surface area contributed by atoms with Gasteiger partial charge in [-0.2, -0.15) is 0 Å². The lowest BCUT2D eigenvalue weighted by atomic mass is 10.1. The van der Waals surface area contributed by atoms with Crippen molar-refractivity contribution in [3.8, 4) is 17.2 Å². The number of halogens is 1. The van der Waals surface area contributed by atoms with Gasteiger partial charge in [-0.1, -0.05) is 0 Å². The first-order chi connectivity index (χ1) is 9.15. The lowest BCUT2D eigenvalue weighted by Gasteiger charge is -2.14. The van der Waals surface area contributed by atoms with Crippen molar-refractivity contribution in [1.82, 2.24) is 5.32 Å². The molecular formula is C13H21ClN2O4. The molecule has 0 aliphatic carbocycles. The minimum atomic E-state index is -0.0978. The van der Waals surface area contributed by atoms with E-state index >= 15 is 0 Å². The molecule has 7 heteroatoms. The first-order valence-corrected chi connectivity index (χ1v) is 5.91. The molecule has 1 rings (SSSR count). The zero-order valence-corrected chi connectivity index (χ0v) is 12.7. The Morgan fingerprint density at radius 2 is 1.65 bits per heavy atom. The molecule has 0 atom stereocenters. The molecule has 0 aliphatic heterocycles. The van der Waals surface area contributed by atoms with Crippen molar-refractivity contribution in [2.45, 2.75) is 13.0 Å². The van der Waals surface area contributed by atoms with Gasteiger partial charge in [0.15, 0.2) is 11.5 Å². The lowest BCUT2D eigenvalue weighted by Crippen LogP contribution is -2.25. The molecule has 1 amide bonds. The van der Waals surface area contributed by atoms with Crippen LogP contribution in [0.2, 0.25) is 0 Å². The van der Waals surface area contributed by atoms with E-state index in [1.807, 2.05) is 0 Å². The van der Waals surface area contributed by atoms with Crippen molar-refractivity contribution in [2.75, 3.05) is 27.9 Å². The Labute approximate surface area is 125 Å². The van der Waals surface area contributed by atoms with Crippen LogP contribution in [-0.4, -0.2) is 33.8 Å². The summed E-state index contributed by atoms with van der Waals surface area (Å²) in [5.74, 6) is 1.70. The zero-order valence-electron chi connectivity index (χ0n) is 11.9. The Balaban J connectivity index is 0.00000361. The monoisotopic (exact) mass is 304 g/mol. The molecule has 0 aliphatic rings. The SMILES string of the molecule is COc1cc(OC)c(OC)cc1CNC(=O)CCN.Cl. The standard InChI is InChI=1S/C13H20N2O4.ClH/c1-17-10-7-12(19-3)11(18-2)6-9(10)8-15-13(16)4-5-14;/h6-7H,4-5,8,14H2,1-3H3,(H,15,16);1H. The molecule has 0 saturated heterocycles. The van der Waals surface area contributed by atoms with E-state index in [0.717, 1.165) is 5.56 Å². The van der Waals surface area contributed by atoms with Gasteiger partial charge >= 0.3 is 0 Å². The van der Waals surface area contributed by atoms with Crippen molar-refractivity contribution in [2.24, 2.45) is 5.73 Å². The molecule has 0 saturated carbocycles. The fourth-order valence-corrected chi connectivity index (χ4v) is 1.64. The van der Waals surface area contributed by atoms with Gasteiger partial charge in [0, 0.05) is 31.1 Å². The molecular weight excluding hydrogens is 284 g/mol. The van der Waals surface area contributed by atoms with Crippen molar-refractivity contribution in [1.29, 1.82) is 0 Å². The van der Waals surface area contributed by atoms with Crippen molar-refractivity contribution in [3.05, 3.63) is 17.7 Å². The predicted molar refractivity (Wildman–Crippen MR) is 78.9 cm³/mol. The van der Waals surface area contributed by atoms with E-state index in [1.54, 1.807) is 33.5 Å². The van der Waals surface area contributed by atoms with Crippen LogP contribution in [0.5, 0.6) is 17.2 Å². The van der Waals surface area contributed by atoms with Crippen molar-refractivity contribution in [3.63, 3.8) is 0 Å². The Hall–Kier alpha value is -1.66. The van der Waals surface area contributed by atoms with Gasteiger partial charge in [0.25, 0.3) is 0 Å². The summed E-state index contributed by atoms with van der Waals surface area (Å²) in [6.45, 7) is 0.678. The van der Waals surface area contributed by atoms with Crippen LogP contribution in [0.25, 0.3) is 0 Å². The molecule has 114 valence electrons. The average molecular weight is 305 g/mol. The molecule has 0 radical (unpaired) electrons. The summed E-state index contributed by atoms with van der Waals surface area (Å²) in [7, 11) is 4.67. The molecule has 3 N–H and O–H groups in total. The van der Waals surface area contributed by atoms with Gasteiger partial charge in [0.2, 0.25) is 5.91 Å². The highest BCUT2D eigenvalue weighted by Gasteiger charge is 2.12. The first kappa shape index (κ1) is 18.3. The average Bonchev–Trinajstić information content (AvgIpc) is 2.44. The van der Waals surface area contributed by atoms with Crippen LogP contribution in [0.1, 0.15) is 12.0 Å². The molecule has 20 heavy (non-hydrogen) atoms. The quantitative estimate of drug-likeness (QED) is 0.788. The maximum atomic E-state index is 11.4. The normalized spacial score (nSPS) is 9.40. The van der Waals surface area contributed by atoms with Crippen LogP contribution in [0.15, 0.2) is 12.1 Å². The summed E-state index contributed by atoms with van der Waals surface area (Å²) in [6, 6.07) is 3.50. The molecule has 6 nitrogen and oxygen atoms in total. The van der Waals surface area contributed by atoms with Crippen LogP contribution < -0.4 is 25.3 Å². The second-order valence-electron chi connectivity index (χ2n) is 3.83. The van der Waals surface area contributed by atoms with Crippen LogP contribution in [-0.2, 0) is 11.3 Å². The minimum absolute atomic E-state index is 0. The van der Waals surface area contributed by atoms with E-state index in [1.165, 1.54) is 0 Å². The maximum Gasteiger partial charge on any atom is 0.221 e. The lowest BCUT2D eigenvalue weighted by molar-refractivity contribution is -0.121. The Bertz CT molecular complexity index is 441. The number of hydrogen-bond donors (Lipinski definition) is 2. The number of carbonyl (C=O) groups excluding carboxylic acids is 1. The highest BCUT2D eigenvalue weighted by molar-refractivity contribution is 5.85. The number of nitrogens with two attached hydrogens (primary N) is 1. The van der Waals surface area contributed by atoms with E-state index in [4.69, 9.17) is 19.9 Å². The third-order valence-corrected chi connectivity index (χ3v) is 2.63. The third kappa shape index (κ3) is 4.79. The summed E-state index contributed by atoms with van der Waals surface area (Å²) < 4.78 is 15.7. The fourth-order valence-electron chi connectivity index (χ4n) is 1.64. The Morgan fingerprint density at radius 1 is 1.10 bits per heavy atom. The van der Waals surface area contributed by atoms with Crippen LogP contribution in [0.4, 0.5) is 0 Å². The number of nitrogens with one attached hydrogen (secondary N) is 1. The topological polar surface area (TPSA) is 82.8 Å². The van der Waals surface area contributed by atoms with E-state index in [0.29, 0.717) is 36.8 Å². The highest BCUT2D eigenvalue weighted by Crippen LogP contribution is 2.34. The van der Waals surface area contributed by atoms with Gasteiger partial charge in [-0.3, -0.25) is 4.79 Å². The van der Waals surface area contributed by atoms with E-state index in [2.05, 4.69) is 5.32 Å². The number of carbonyl (C=O) groups is 1. The molecule has 1 aromatic carbocycles. The number of rotatable bonds is 7. The summed E-state index contributed by atoms with van der Waals surface area (Å²) in [5, 5.41) is 2.77. The van der Waals surface area contributed by atoms with Crippen LogP contribution in [0, 0.1) is 0 Å². The van der Waals surface area contributed by atoms with Crippen LogP contribution in [0.3, 0.4) is 0 Å². The zero-order chi connectivity index (χ0) is 14.3. The van der Waals surface area contributed by atoms with Crippen molar-refractivity contribution >= 4 is 18.3 Å². The summed E-state index contributed by atoms with van der Waals surface area (Å²) in [5.41, 5.74) is 6.13. The van der Waals surface area contributed by atoms with Gasteiger partial charge in [0.1, 0.15) is 5.75 Å². The molecule has 0 bridgehead atoms. The molecule has 1 aromatic rings. The minimum Gasteiger partial charge on any atom is -0.496 e. The predicted octanol–water partition coefficient (Wildman–Crippen LogP) is 1.10. The molecule has 0 fully saturated rings. The number of hydrogen-bond acceptors (Lipinski definition) is 5. The first-order valence-electron chi connectivity index (χ1n) is 5.91. The highest BCUT2D eigenvalue weighted by atomic mass is 35.5. The molecule has 0 spiro atoms. The number of benzene rings is 1. The van der Waals surface area contributed by atoms with E-state index in [-0.39, 0.29) is 18.3 Å². The van der Waals surface area contributed by atoms with Crippen molar-refractivity contribution < 1.29 is 19.0 Å². The molecule has 0 unspecified atom stereocenters. The number of methoxy groups -OCH3 is 3. The number of ether oxygens (including phenoxy) is 3. The van der Waals surface area contributed by atoms with E-state index < -0.39 is 0 Å². The fraction of sp³-hybridized carbons (Fsp3) is 0.462. The van der Waals surface area contributed by atoms with Gasteiger partial charge in [0.05, 0.1) is 21.3 Å². The third-order valence-electron chi connectivity index (χ3n) is 2.63. The molecule has 0 heterocycles. The van der Waals surface area contributed by atoms with Crippen LogP contribution >= 0.6 is 12.4 Å². The maximum absolute atomic E-state index is 11.4. The Morgan fingerprint density at radius 3 is 2.15 bits per heavy atom. The van der Waals surface area contributed by atoms with Gasteiger partial charge in [-0.25, -0.2) is 0 Å². The second kappa shape index (κ2) is 9.28. The van der Waals surface area contributed by atoms with Gasteiger partial charge in [-0.15, -0.1) is 12.4 Å². The summed E-state index contributed by atoms with van der Waals surface area (Å²) in [4.78, 5) is 11.4. The van der Waals surface area contributed by atoms with Gasteiger partial charge in [-0.05, 0) is 6.07 Å². The number of amides is 1. The summed E-state index contributed by atoms with van der Waals surface area (Å²) in [6.07, 6.45) is 0.301. The second-order valence-corrected chi connectivity index (χ2v) is 3.83. The summed E-state index contributed by atoms with van der Waals surface area (Å²) >= 11 is 0. The largest absolute Gasteiger partial charge is 0.496 e. The Kier molecular flexibility index (Phi) is 8.51.